The van der Waals surface area contributed by atoms with E-state index in [4.69, 9.17) is 9.47 Å². The fraction of sp³-hybridized carbons (Fsp3) is 0.323. The Balaban J connectivity index is 1.61. The van der Waals surface area contributed by atoms with E-state index in [1.54, 1.807) is 14.2 Å². The molecule has 0 fully saturated rings. The topological polar surface area (TPSA) is 59.6 Å². The normalized spacial score (nSPS) is 19.2. The van der Waals surface area contributed by atoms with Crippen molar-refractivity contribution in [2.45, 2.75) is 51.0 Å². The SMILES string of the molecule is COc1cc(C2Nc3ccccc3NC3=C2C(=O)CC(c2ccc(C(C)(C)C)cc2)C3)c(OC)cc1Br. The van der Waals surface area contributed by atoms with Crippen molar-refractivity contribution in [2.75, 3.05) is 24.9 Å². The zero-order valence-electron chi connectivity index (χ0n) is 21.9. The third kappa shape index (κ3) is 4.87. The second kappa shape index (κ2) is 9.90. The van der Waals surface area contributed by atoms with Gasteiger partial charge in [0.2, 0.25) is 0 Å². The van der Waals surface area contributed by atoms with E-state index in [2.05, 4.69) is 71.6 Å². The summed E-state index contributed by atoms with van der Waals surface area (Å²) in [5.74, 6) is 1.61. The van der Waals surface area contributed by atoms with Gasteiger partial charge in [0, 0.05) is 23.3 Å². The number of halogens is 1. The first-order valence-electron chi connectivity index (χ1n) is 12.6. The van der Waals surface area contributed by atoms with E-state index < -0.39 is 0 Å². The van der Waals surface area contributed by atoms with Crippen LogP contribution in [0.2, 0.25) is 0 Å². The molecule has 0 saturated carbocycles. The molecule has 0 radical (unpaired) electrons. The van der Waals surface area contributed by atoms with Crippen LogP contribution < -0.4 is 20.1 Å². The molecule has 1 heterocycles. The minimum Gasteiger partial charge on any atom is -0.496 e. The number of hydrogen-bond donors (Lipinski definition) is 2. The number of para-hydroxylation sites is 2. The fourth-order valence-corrected chi connectivity index (χ4v) is 5.81. The Morgan fingerprint density at radius 1 is 0.892 bits per heavy atom. The largest absolute Gasteiger partial charge is 0.496 e. The molecule has 5 rings (SSSR count). The van der Waals surface area contributed by atoms with Crippen molar-refractivity contribution >= 4 is 33.1 Å². The molecule has 2 aliphatic rings. The molecule has 0 bridgehead atoms. The maximum Gasteiger partial charge on any atom is 0.163 e. The predicted octanol–water partition coefficient (Wildman–Crippen LogP) is 7.74. The van der Waals surface area contributed by atoms with Gasteiger partial charge in [-0.25, -0.2) is 0 Å². The molecule has 37 heavy (non-hydrogen) atoms. The van der Waals surface area contributed by atoms with Gasteiger partial charge in [0.15, 0.2) is 5.78 Å². The summed E-state index contributed by atoms with van der Waals surface area (Å²) in [4.78, 5) is 13.9. The Hall–Kier alpha value is -3.25. The first-order valence-corrected chi connectivity index (χ1v) is 13.4. The van der Waals surface area contributed by atoms with Gasteiger partial charge in [-0.15, -0.1) is 0 Å². The van der Waals surface area contributed by atoms with Crippen LogP contribution in [0.25, 0.3) is 0 Å². The lowest BCUT2D eigenvalue weighted by atomic mass is 9.77. The van der Waals surface area contributed by atoms with Crippen LogP contribution in [0.1, 0.15) is 62.3 Å². The van der Waals surface area contributed by atoms with Crippen molar-refractivity contribution in [3.63, 3.8) is 0 Å². The number of allylic oxidation sites excluding steroid dienone is 1. The smallest absolute Gasteiger partial charge is 0.163 e. The molecule has 0 saturated heterocycles. The van der Waals surface area contributed by atoms with E-state index in [1.807, 2.05) is 36.4 Å². The maximum absolute atomic E-state index is 13.9. The average Bonchev–Trinajstić information content (AvgIpc) is 3.05. The molecular formula is C31H33BrN2O3. The minimum absolute atomic E-state index is 0.0901. The molecule has 0 aromatic heterocycles. The van der Waals surface area contributed by atoms with Crippen molar-refractivity contribution in [1.82, 2.24) is 0 Å². The molecule has 2 N–H and O–H groups in total. The second-order valence-electron chi connectivity index (χ2n) is 10.8. The van der Waals surface area contributed by atoms with Crippen LogP contribution in [0.4, 0.5) is 11.4 Å². The molecule has 2 atom stereocenters. The molecule has 1 aliphatic carbocycles. The summed E-state index contributed by atoms with van der Waals surface area (Å²) in [5.41, 5.74) is 7.03. The maximum atomic E-state index is 13.9. The predicted molar refractivity (Wildman–Crippen MR) is 153 cm³/mol. The monoisotopic (exact) mass is 560 g/mol. The number of hydrogen-bond acceptors (Lipinski definition) is 5. The van der Waals surface area contributed by atoms with E-state index in [0.29, 0.717) is 17.9 Å². The summed E-state index contributed by atoms with van der Waals surface area (Å²) >= 11 is 3.56. The number of anilines is 2. The third-order valence-electron chi connectivity index (χ3n) is 7.37. The Labute approximate surface area is 227 Å². The summed E-state index contributed by atoms with van der Waals surface area (Å²) < 4.78 is 12.2. The van der Waals surface area contributed by atoms with Crippen LogP contribution in [0.5, 0.6) is 11.5 Å². The van der Waals surface area contributed by atoms with E-state index in [-0.39, 0.29) is 23.2 Å². The Kier molecular flexibility index (Phi) is 6.80. The molecule has 3 aromatic rings. The Morgan fingerprint density at radius 3 is 2.22 bits per heavy atom. The molecular weight excluding hydrogens is 528 g/mol. The molecule has 6 heteroatoms. The highest BCUT2D eigenvalue weighted by atomic mass is 79.9. The van der Waals surface area contributed by atoms with Crippen LogP contribution in [-0.4, -0.2) is 20.0 Å². The highest BCUT2D eigenvalue weighted by Gasteiger charge is 2.37. The molecule has 192 valence electrons. The highest BCUT2D eigenvalue weighted by Crippen LogP contribution is 2.47. The lowest BCUT2D eigenvalue weighted by Crippen LogP contribution is -2.27. The fourth-order valence-electron chi connectivity index (χ4n) is 5.33. The van der Waals surface area contributed by atoms with Crippen molar-refractivity contribution in [1.29, 1.82) is 0 Å². The number of ether oxygens (including phenoxy) is 2. The van der Waals surface area contributed by atoms with Gasteiger partial charge in [-0.2, -0.15) is 0 Å². The first kappa shape index (κ1) is 25.4. The van der Waals surface area contributed by atoms with E-state index >= 15 is 0 Å². The highest BCUT2D eigenvalue weighted by molar-refractivity contribution is 9.10. The van der Waals surface area contributed by atoms with Gasteiger partial charge in [-0.3, -0.25) is 4.79 Å². The standard InChI is InChI=1S/C31H33BrN2O3/c1-31(2,3)20-12-10-18(11-13-20)19-14-25-29(26(35)15-19)30(34-24-9-7-6-8-23(24)33-25)21-16-28(37-5)22(32)17-27(21)36-4/h6-13,16-17,19,30,33-34H,14-15H2,1-5H3. The van der Waals surface area contributed by atoms with Crippen molar-refractivity contribution in [3.8, 4) is 11.5 Å². The molecule has 3 aromatic carbocycles. The summed E-state index contributed by atoms with van der Waals surface area (Å²) in [6.45, 7) is 6.65. The van der Waals surface area contributed by atoms with E-state index in [1.165, 1.54) is 11.1 Å². The number of fused-ring (bicyclic) bond motifs is 1. The van der Waals surface area contributed by atoms with E-state index in [0.717, 1.165) is 39.1 Å². The van der Waals surface area contributed by atoms with Crippen molar-refractivity contribution in [3.05, 3.63) is 93.1 Å². The summed E-state index contributed by atoms with van der Waals surface area (Å²) in [6.07, 6.45) is 1.21. The van der Waals surface area contributed by atoms with Gasteiger partial charge in [-0.05, 0) is 69.1 Å². The van der Waals surface area contributed by atoms with Crippen molar-refractivity contribution < 1.29 is 14.3 Å². The quantitative estimate of drug-likeness (QED) is 0.341. The summed E-state index contributed by atoms with van der Waals surface area (Å²) in [7, 11) is 3.29. The van der Waals surface area contributed by atoms with Gasteiger partial charge in [-0.1, -0.05) is 57.2 Å². The zero-order valence-corrected chi connectivity index (χ0v) is 23.5. The van der Waals surface area contributed by atoms with Crippen LogP contribution in [0.15, 0.2) is 76.4 Å². The Bertz CT molecular complexity index is 1370. The Morgan fingerprint density at radius 2 is 1.57 bits per heavy atom. The number of Topliss-reactive ketones (excluding diaryl/α,β-unsaturated/α-hetero) is 1. The molecule has 2 unspecified atom stereocenters. The number of benzene rings is 3. The van der Waals surface area contributed by atoms with Crippen LogP contribution in [0.3, 0.4) is 0 Å². The molecule has 5 nitrogen and oxygen atoms in total. The number of methoxy groups -OCH3 is 2. The molecule has 0 amide bonds. The summed E-state index contributed by atoms with van der Waals surface area (Å²) in [6, 6.07) is 20.3. The number of rotatable bonds is 4. The van der Waals surface area contributed by atoms with Gasteiger partial charge < -0.3 is 20.1 Å². The third-order valence-corrected chi connectivity index (χ3v) is 7.99. The lowest BCUT2D eigenvalue weighted by molar-refractivity contribution is -0.116. The lowest BCUT2D eigenvalue weighted by Gasteiger charge is -2.31. The first-order chi connectivity index (χ1) is 17.7. The van der Waals surface area contributed by atoms with Gasteiger partial charge in [0.1, 0.15) is 11.5 Å². The minimum atomic E-state index is -0.389. The van der Waals surface area contributed by atoms with Crippen LogP contribution >= 0.6 is 15.9 Å². The zero-order chi connectivity index (χ0) is 26.3. The van der Waals surface area contributed by atoms with Crippen molar-refractivity contribution in [2.24, 2.45) is 0 Å². The number of ketones is 1. The molecule has 0 spiro atoms. The molecule has 1 aliphatic heterocycles. The number of carbonyl (C=O) groups is 1. The summed E-state index contributed by atoms with van der Waals surface area (Å²) in [5, 5.41) is 7.26. The van der Waals surface area contributed by atoms with Crippen LogP contribution in [-0.2, 0) is 10.2 Å². The number of carbonyl (C=O) groups excluding carboxylic acids is 1. The van der Waals surface area contributed by atoms with Gasteiger partial charge in [0.05, 0.1) is 36.1 Å². The second-order valence-corrected chi connectivity index (χ2v) is 11.6. The van der Waals surface area contributed by atoms with Gasteiger partial charge >= 0.3 is 0 Å². The van der Waals surface area contributed by atoms with Gasteiger partial charge in [0.25, 0.3) is 0 Å². The van der Waals surface area contributed by atoms with E-state index in [9.17, 15) is 4.79 Å². The van der Waals surface area contributed by atoms with Crippen LogP contribution in [0, 0.1) is 0 Å². The average molecular weight is 562 g/mol. The number of nitrogens with one attached hydrogen (secondary N) is 2.